The fourth-order valence-corrected chi connectivity index (χ4v) is 2.95. The van der Waals surface area contributed by atoms with Crippen molar-refractivity contribution in [2.45, 2.75) is 52.8 Å². The van der Waals surface area contributed by atoms with Crippen molar-refractivity contribution in [3.8, 4) is 5.75 Å². The second kappa shape index (κ2) is 12.4. The van der Waals surface area contributed by atoms with Crippen molar-refractivity contribution in [1.82, 2.24) is 4.98 Å². The fourth-order valence-electron chi connectivity index (χ4n) is 1.26. The van der Waals surface area contributed by atoms with E-state index in [1.807, 2.05) is 48.5 Å². The van der Waals surface area contributed by atoms with Crippen LogP contribution in [0.25, 0.3) is 10.2 Å². The zero-order valence-corrected chi connectivity index (χ0v) is 16.1. The first-order valence-electron chi connectivity index (χ1n) is 7.57. The van der Waals surface area contributed by atoms with E-state index in [9.17, 15) is 8.42 Å². The molecule has 7 heteroatoms. The number of aromatic nitrogens is 1. The first kappa shape index (κ1) is 23.1. The van der Waals surface area contributed by atoms with Gasteiger partial charge in [-0.25, -0.2) is 18.5 Å². The molecule has 0 fully saturated rings. The maximum atomic E-state index is 11.1. The molecular formula is C15H28N2O3S2. The van der Waals surface area contributed by atoms with E-state index in [1.165, 1.54) is 0 Å². The third-order valence-corrected chi connectivity index (χ3v) is 4.23. The largest absolute Gasteiger partial charge is 0.494 e. The zero-order valence-electron chi connectivity index (χ0n) is 14.5. The standard InChI is InChI=1S/C9H10N2O3S2.3C2H6/c1-2-14-6-3-4-7-8(5-6)15-9(11-7)16(10,12)13;3*1-2/h3-5H,2H2,1H3,(H2,10,12,13);3*1-2H3. The third kappa shape index (κ3) is 7.20. The van der Waals surface area contributed by atoms with Crippen LogP contribution in [0.15, 0.2) is 22.5 Å². The van der Waals surface area contributed by atoms with Gasteiger partial charge in [0.1, 0.15) is 5.75 Å². The van der Waals surface area contributed by atoms with Crippen LogP contribution in [0.4, 0.5) is 0 Å². The van der Waals surface area contributed by atoms with Crippen molar-refractivity contribution >= 4 is 31.6 Å². The summed E-state index contributed by atoms with van der Waals surface area (Å²) in [6, 6.07) is 5.22. The van der Waals surface area contributed by atoms with Crippen LogP contribution in [-0.2, 0) is 10.0 Å². The Morgan fingerprint density at radius 2 is 1.68 bits per heavy atom. The summed E-state index contributed by atoms with van der Waals surface area (Å²) in [5, 5.41) is 5.01. The summed E-state index contributed by atoms with van der Waals surface area (Å²) in [6.45, 7) is 14.4. The van der Waals surface area contributed by atoms with E-state index in [0.29, 0.717) is 17.9 Å². The predicted octanol–water partition coefficient (Wildman–Crippen LogP) is 4.42. The highest BCUT2D eigenvalue weighted by atomic mass is 32.2. The summed E-state index contributed by atoms with van der Waals surface area (Å²) in [4.78, 5) is 3.94. The summed E-state index contributed by atoms with van der Waals surface area (Å²) in [5.41, 5.74) is 0.609. The lowest BCUT2D eigenvalue weighted by atomic mass is 10.3. The van der Waals surface area contributed by atoms with Crippen molar-refractivity contribution in [3.63, 3.8) is 0 Å². The van der Waals surface area contributed by atoms with Gasteiger partial charge in [0.05, 0.1) is 16.8 Å². The molecule has 1 aromatic carbocycles. The molecule has 0 spiro atoms. The molecule has 0 radical (unpaired) electrons. The molecule has 0 saturated carbocycles. The molecular weight excluding hydrogens is 320 g/mol. The highest BCUT2D eigenvalue weighted by Crippen LogP contribution is 2.28. The molecule has 2 N–H and O–H groups in total. The van der Waals surface area contributed by atoms with Gasteiger partial charge in [-0.05, 0) is 25.1 Å². The molecule has 22 heavy (non-hydrogen) atoms. The normalized spacial score (nSPS) is 9.45. The average molecular weight is 349 g/mol. The van der Waals surface area contributed by atoms with Crippen LogP contribution in [0.2, 0.25) is 0 Å². The van der Waals surface area contributed by atoms with E-state index in [-0.39, 0.29) is 4.34 Å². The van der Waals surface area contributed by atoms with E-state index in [0.717, 1.165) is 16.0 Å². The number of sulfonamides is 1. The molecule has 0 atom stereocenters. The number of primary sulfonamides is 1. The first-order valence-corrected chi connectivity index (χ1v) is 9.93. The molecule has 1 heterocycles. The summed E-state index contributed by atoms with van der Waals surface area (Å²) in [6.07, 6.45) is 0. The first-order chi connectivity index (χ1) is 10.5. The molecule has 0 amide bonds. The van der Waals surface area contributed by atoms with Crippen molar-refractivity contribution in [3.05, 3.63) is 18.2 Å². The second-order valence-corrected chi connectivity index (χ2v) is 5.85. The molecule has 1 aromatic heterocycles. The molecule has 128 valence electrons. The molecule has 0 aliphatic rings. The quantitative estimate of drug-likeness (QED) is 0.890. The zero-order chi connectivity index (χ0) is 17.8. The Hall–Kier alpha value is -1.18. The molecule has 2 rings (SSSR count). The van der Waals surface area contributed by atoms with Crippen LogP contribution in [0.5, 0.6) is 5.75 Å². The summed E-state index contributed by atoms with van der Waals surface area (Å²) < 4.78 is 28.2. The van der Waals surface area contributed by atoms with Gasteiger partial charge in [-0.15, -0.1) is 11.3 Å². The van der Waals surface area contributed by atoms with Crippen LogP contribution in [0, 0.1) is 0 Å². The lowest BCUT2D eigenvalue weighted by molar-refractivity contribution is 0.341. The van der Waals surface area contributed by atoms with E-state index < -0.39 is 10.0 Å². The smallest absolute Gasteiger partial charge is 0.265 e. The Bertz CT molecular complexity index is 623. The highest BCUT2D eigenvalue weighted by molar-refractivity contribution is 7.91. The minimum absolute atomic E-state index is 0.0730. The van der Waals surface area contributed by atoms with E-state index in [2.05, 4.69) is 4.98 Å². The van der Waals surface area contributed by atoms with Crippen molar-refractivity contribution < 1.29 is 13.2 Å². The molecule has 0 unspecified atom stereocenters. The van der Waals surface area contributed by atoms with E-state index in [1.54, 1.807) is 18.2 Å². The number of thiazole rings is 1. The average Bonchev–Trinajstić information content (AvgIpc) is 2.97. The van der Waals surface area contributed by atoms with Gasteiger partial charge in [0.25, 0.3) is 10.0 Å². The minimum Gasteiger partial charge on any atom is -0.494 e. The maximum Gasteiger partial charge on any atom is 0.265 e. The molecule has 0 saturated heterocycles. The van der Waals surface area contributed by atoms with Crippen LogP contribution in [0.3, 0.4) is 0 Å². The minimum atomic E-state index is -3.72. The fraction of sp³-hybridized carbons (Fsp3) is 0.533. The Kier molecular flexibility index (Phi) is 13.0. The van der Waals surface area contributed by atoms with Crippen molar-refractivity contribution in [1.29, 1.82) is 0 Å². The van der Waals surface area contributed by atoms with Gasteiger partial charge in [0.2, 0.25) is 4.34 Å². The van der Waals surface area contributed by atoms with Gasteiger partial charge in [-0.2, -0.15) is 0 Å². The number of hydrogen-bond donors (Lipinski definition) is 1. The molecule has 0 aliphatic heterocycles. The van der Waals surface area contributed by atoms with Crippen LogP contribution >= 0.6 is 11.3 Å². The lowest BCUT2D eigenvalue weighted by Gasteiger charge is -2.00. The number of hydrogen-bond acceptors (Lipinski definition) is 5. The number of nitrogens with zero attached hydrogens (tertiary/aromatic N) is 1. The predicted molar refractivity (Wildman–Crippen MR) is 96.2 cm³/mol. The molecule has 5 nitrogen and oxygen atoms in total. The van der Waals surface area contributed by atoms with Crippen LogP contribution < -0.4 is 9.88 Å². The maximum absolute atomic E-state index is 11.1. The van der Waals surface area contributed by atoms with Gasteiger partial charge < -0.3 is 4.74 Å². The Morgan fingerprint density at radius 1 is 1.14 bits per heavy atom. The van der Waals surface area contributed by atoms with Crippen molar-refractivity contribution in [2.75, 3.05) is 6.61 Å². The highest BCUT2D eigenvalue weighted by Gasteiger charge is 2.14. The van der Waals surface area contributed by atoms with Crippen molar-refractivity contribution in [2.24, 2.45) is 5.14 Å². The van der Waals surface area contributed by atoms with E-state index in [4.69, 9.17) is 9.88 Å². The summed E-state index contributed by atoms with van der Waals surface area (Å²) in [7, 11) is -3.72. The summed E-state index contributed by atoms with van der Waals surface area (Å²) >= 11 is 1.04. The van der Waals surface area contributed by atoms with Gasteiger partial charge in [-0.3, -0.25) is 0 Å². The number of benzene rings is 1. The Morgan fingerprint density at radius 3 is 2.14 bits per heavy atom. The SMILES string of the molecule is CC.CC.CC.CCOc1ccc2nc(S(N)(=O)=O)sc2c1. The molecule has 0 aliphatic carbocycles. The monoisotopic (exact) mass is 348 g/mol. The Labute approximate surface area is 138 Å². The lowest BCUT2D eigenvalue weighted by Crippen LogP contribution is -2.11. The molecule has 0 bridgehead atoms. The third-order valence-electron chi connectivity index (χ3n) is 1.89. The topological polar surface area (TPSA) is 82.3 Å². The van der Waals surface area contributed by atoms with Crippen LogP contribution in [-0.4, -0.2) is 20.0 Å². The van der Waals surface area contributed by atoms with Gasteiger partial charge >= 0.3 is 0 Å². The second-order valence-electron chi connectivity index (χ2n) is 3.09. The molecule has 2 aromatic rings. The number of fused-ring (bicyclic) bond motifs is 1. The van der Waals surface area contributed by atoms with Gasteiger partial charge in [-0.1, -0.05) is 41.5 Å². The number of ether oxygens (including phenoxy) is 1. The van der Waals surface area contributed by atoms with Gasteiger partial charge in [0.15, 0.2) is 0 Å². The number of rotatable bonds is 3. The summed E-state index contributed by atoms with van der Waals surface area (Å²) in [5.74, 6) is 0.694. The number of nitrogens with two attached hydrogens (primary N) is 1. The van der Waals surface area contributed by atoms with E-state index >= 15 is 0 Å². The van der Waals surface area contributed by atoms with Crippen LogP contribution in [0.1, 0.15) is 48.5 Å². The Balaban J connectivity index is 0. The van der Waals surface area contributed by atoms with Gasteiger partial charge in [0, 0.05) is 0 Å².